The van der Waals surface area contributed by atoms with Crippen LogP contribution in [0.25, 0.3) is 5.69 Å². The molecule has 152 valence electrons. The van der Waals surface area contributed by atoms with Crippen molar-refractivity contribution in [2.75, 3.05) is 6.54 Å². The van der Waals surface area contributed by atoms with Gasteiger partial charge in [0.15, 0.2) is 0 Å². The minimum Gasteiger partial charge on any atom is -0.458 e. The van der Waals surface area contributed by atoms with E-state index in [2.05, 4.69) is 10.4 Å². The number of hydrogen-bond donors (Lipinski definition) is 1. The summed E-state index contributed by atoms with van der Waals surface area (Å²) in [6, 6.07) is 10.8. The van der Waals surface area contributed by atoms with E-state index < -0.39 is 24.1 Å². The van der Waals surface area contributed by atoms with Gasteiger partial charge in [-0.2, -0.15) is 5.10 Å². The highest BCUT2D eigenvalue weighted by atomic mass is 16.5. The number of esters is 1. The van der Waals surface area contributed by atoms with E-state index in [0.717, 1.165) is 29.8 Å². The van der Waals surface area contributed by atoms with Crippen molar-refractivity contribution in [2.24, 2.45) is 5.92 Å². The van der Waals surface area contributed by atoms with Gasteiger partial charge < -0.3 is 10.1 Å². The third-order valence-electron chi connectivity index (χ3n) is 5.83. The molecule has 1 N–H and O–H groups in total. The van der Waals surface area contributed by atoms with Crippen LogP contribution in [0.1, 0.15) is 38.3 Å². The molecule has 1 aromatic carbocycles. The molecule has 1 aliphatic carbocycles. The molecule has 2 aliphatic rings. The van der Waals surface area contributed by atoms with Gasteiger partial charge in [-0.05, 0) is 37.0 Å². The van der Waals surface area contributed by atoms with Crippen LogP contribution in [-0.4, -0.2) is 44.7 Å². The summed E-state index contributed by atoms with van der Waals surface area (Å²) in [6.45, 7) is 1.56. The third-order valence-corrected chi connectivity index (χ3v) is 5.83. The number of imide groups is 1. The van der Waals surface area contributed by atoms with E-state index in [1.807, 2.05) is 37.3 Å². The number of rotatable bonds is 5. The second-order valence-corrected chi connectivity index (χ2v) is 7.69. The Hall–Kier alpha value is -3.16. The number of hydrogen-bond acceptors (Lipinski definition) is 5. The molecule has 2 heterocycles. The smallest absolute Gasteiger partial charge is 0.326 e. The number of amides is 3. The predicted octanol–water partition coefficient (Wildman–Crippen LogP) is 2.42. The largest absolute Gasteiger partial charge is 0.458 e. The SMILES string of the molecule is CC1CCCCC12NC(=O)N(CC(=O)OCc1ccn(-c3ccccc3)n1)C2=O. The fraction of sp³-hybridized carbons (Fsp3) is 0.429. The first-order valence-corrected chi connectivity index (χ1v) is 9.89. The second-order valence-electron chi connectivity index (χ2n) is 7.69. The van der Waals surface area contributed by atoms with Crippen molar-refractivity contribution in [2.45, 2.75) is 44.8 Å². The molecule has 1 aliphatic heterocycles. The molecule has 2 unspecified atom stereocenters. The van der Waals surface area contributed by atoms with E-state index in [1.54, 1.807) is 16.9 Å². The Balaban J connectivity index is 1.35. The summed E-state index contributed by atoms with van der Waals surface area (Å²) in [5.74, 6) is -0.904. The first-order chi connectivity index (χ1) is 14.0. The van der Waals surface area contributed by atoms with Gasteiger partial charge in [-0.1, -0.05) is 38.0 Å². The van der Waals surface area contributed by atoms with Crippen LogP contribution in [0, 0.1) is 5.92 Å². The van der Waals surface area contributed by atoms with Gasteiger partial charge >= 0.3 is 12.0 Å². The van der Waals surface area contributed by atoms with Gasteiger partial charge in [-0.15, -0.1) is 0 Å². The number of ether oxygens (including phenoxy) is 1. The Labute approximate surface area is 168 Å². The highest BCUT2D eigenvalue weighted by Crippen LogP contribution is 2.38. The van der Waals surface area contributed by atoms with Crippen LogP contribution in [-0.2, 0) is 20.9 Å². The zero-order chi connectivity index (χ0) is 20.4. The molecule has 8 heteroatoms. The van der Waals surface area contributed by atoms with Crippen LogP contribution in [0.4, 0.5) is 4.79 Å². The summed E-state index contributed by atoms with van der Waals surface area (Å²) in [5, 5.41) is 7.21. The quantitative estimate of drug-likeness (QED) is 0.619. The summed E-state index contributed by atoms with van der Waals surface area (Å²) in [5.41, 5.74) is 0.609. The zero-order valence-corrected chi connectivity index (χ0v) is 16.3. The summed E-state index contributed by atoms with van der Waals surface area (Å²) >= 11 is 0. The van der Waals surface area contributed by atoms with Gasteiger partial charge in [-0.3, -0.25) is 14.5 Å². The number of carbonyl (C=O) groups is 3. The number of aromatic nitrogens is 2. The minimum atomic E-state index is -0.871. The molecular formula is C21H24N4O4. The van der Waals surface area contributed by atoms with E-state index in [9.17, 15) is 14.4 Å². The Kier molecular flexibility index (Phi) is 5.08. The van der Waals surface area contributed by atoms with Gasteiger partial charge in [0.1, 0.15) is 24.4 Å². The maximum atomic E-state index is 12.9. The number of nitrogens with zero attached hydrogens (tertiary/aromatic N) is 3. The highest BCUT2D eigenvalue weighted by Gasteiger charge is 2.55. The second kappa shape index (κ2) is 7.69. The van der Waals surface area contributed by atoms with Crippen molar-refractivity contribution in [3.05, 3.63) is 48.3 Å². The minimum absolute atomic E-state index is 0.0239. The van der Waals surface area contributed by atoms with E-state index in [-0.39, 0.29) is 18.4 Å². The topological polar surface area (TPSA) is 93.5 Å². The lowest BCUT2D eigenvalue weighted by molar-refractivity contribution is -0.149. The van der Waals surface area contributed by atoms with Crippen molar-refractivity contribution in [1.82, 2.24) is 20.0 Å². The van der Waals surface area contributed by atoms with Crippen molar-refractivity contribution in [3.8, 4) is 5.69 Å². The lowest BCUT2D eigenvalue weighted by Crippen LogP contribution is -2.54. The molecule has 0 bridgehead atoms. The van der Waals surface area contributed by atoms with Crippen molar-refractivity contribution in [1.29, 1.82) is 0 Å². The summed E-state index contributed by atoms with van der Waals surface area (Å²) in [7, 11) is 0. The standard InChI is InChI=1S/C21H24N4O4/c1-15-7-5-6-11-21(15)19(27)24(20(28)22-21)13-18(26)29-14-16-10-12-25(23-16)17-8-3-2-4-9-17/h2-4,8-10,12,15H,5-7,11,13-14H2,1H3,(H,22,28). The maximum Gasteiger partial charge on any atom is 0.326 e. The number of para-hydroxylation sites is 1. The summed E-state index contributed by atoms with van der Waals surface area (Å²) in [6.07, 6.45) is 5.21. The van der Waals surface area contributed by atoms with Gasteiger partial charge in [0.25, 0.3) is 5.91 Å². The van der Waals surface area contributed by atoms with Gasteiger partial charge in [0.05, 0.1) is 5.69 Å². The molecule has 4 rings (SSSR count). The Morgan fingerprint density at radius 3 is 2.79 bits per heavy atom. The normalized spacial score (nSPS) is 24.0. The summed E-state index contributed by atoms with van der Waals surface area (Å²) < 4.78 is 6.94. The molecule has 2 atom stereocenters. The molecule has 1 saturated carbocycles. The fourth-order valence-electron chi connectivity index (χ4n) is 4.13. The van der Waals surface area contributed by atoms with Crippen LogP contribution in [0.3, 0.4) is 0 Å². The van der Waals surface area contributed by atoms with Crippen LogP contribution in [0.2, 0.25) is 0 Å². The highest BCUT2D eigenvalue weighted by molar-refractivity contribution is 6.08. The van der Waals surface area contributed by atoms with E-state index >= 15 is 0 Å². The van der Waals surface area contributed by atoms with Gasteiger partial charge in [0.2, 0.25) is 0 Å². The average Bonchev–Trinajstić information content (AvgIpc) is 3.29. The lowest BCUT2D eigenvalue weighted by atomic mass is 9.73. The maximum absolute atomic E-state index is 12.9. The molecule has 2 fully saturated rings. The average molecular weight is 396 g/mol. The molecule has 2 aromatic rings. The van der Waals surface area contributed by atoms with Crippen molar-refractivity contribution < 1.29 is 19.1 Å². The number of urea groups is 1. The first-order valence-electron chi connectivity index (χ1n) is 9.89. The fourth-order valence-corrected chi connectivity index (χ4v) is 4.13. The molecule has 8 nitrogen and oxygen atoms in total. The van der Waals surface area contributed by atoms with Crippen LogP contribution < -0.4 is 5.32 Å². The summed E-state index contributed by atoms with van der Waals surface area (Å²) in [4.78, 5) is 38.5. The van der Waals surface area contributed by atoms with Crippen LogP contribution >= 0.6 is 0 Å². The Bertz CT molecular complexity index is 926. The zero-order valence-electron chi connectivity index (χ0n) is 16.3. The van der Waals surface area contributed by atoms with Crippen molar-refractivity contribution in [3.63, 3.8) is 0 Å². The Morgan fingerprint density at radius 2 is 2.03 bits per heavy atom. The molecule has 1 aromatic heterocycles. The molecule has 0 radical (unpaired) electrons. The number of carbonyl (C=O) groups excluding carboxylic acids is 3. The molecule has 3 amide bonds. The molecule has 1 spiro atoms. The molecular weight excluding hydrogens is 372 g/mol. The number of benzene rings is 1. The lowest BCUT2D eigenvalue weighted by Gasteiger charge is -2.36. The van der Waals surface area contributed by atoms with E-state index in [4.69, 9.17) is 4.74 Å². The van der Waals surface area contributed by atoms with Gasteiger partial charge in [0, 0.05) is 6.20 Å². The third kappa shape index (κ3) is 3.62. The van der Waals surface area contributed by atoms with E-state index in [1.165, 1.54) is 0 Å². The van der Waals surface area contributed by atoms with E-state index in [0.29, 0.717) is 12.1 Å². The monoisotopic (exact) mass is 396 g/mol. The number of nitrogens with one attached hydrogen (secondary N) is 1. The van der Waals surface area contributed by atoms with Crippen LogP contribution in [0.15, 0.2) is 42.6 Å². The molecule has 1 saturated heterocycles. The van der Waals surface area contributed by atoms with Crippen molar-refractivity contribution >= 4 is 17.9 Å². The molecule has 29 heavy (non-hydrogen) atoms. The predicted molar refractivity (Wildman–Crippen MR) is 104 cm³/mol. The Morgan fingerprint density at radius 1 is 1.24 bits per heavy atom. The first kappa shape index (κ1) is 19.2. The van der Waals surface area contributed by atoms with Crippen LogP contribution in [0.5, 0.6) is 0 Å². The van der Waals surface area contributed by atoms with Gasteiger partial charge in [-0.25, -0.2) is 9.48 Å².